The maximum Gasteiger partial charge on any atom is 0.335 e. The quantitative estimate of drug-likeness (QED) is 0.648. The van der Waals surface area contributed by atoms with Crippen LogP contribution in [0.1, 0.15) is 12.6 Å². The summed E-state index contributed by atoms with van der Waals surface area (Å²) in [5, 5.41) is 16.8. The molecule has 78 valence electrons. The summed E-state index contributed by atoms with van der Waals surface area (Å²) in [5.74, 6) is -0.627. The van der Waals surface area contributed by atoms with Crippen LogP contribution in [0, 0.1) is 0 Å². The summed E-state index contributed by atoms with van der Waals surface area (Å²) in [5.41, 5.74) is 0.563. The zero-order valence-corrected chi connectivity index (χ0v) is 8.17. The molecule has 0 fully saturated rings. The number of rotatable bonds is 4. The van der Waals surface area contributed by atoms with Gasteiger partial charge in [-0.25, -0.2) is 4.79 Å². The molecule has 0 saturated carbocycles. The van der Waals surface area contributed by atoms with E-state index in [-0.39, 0.29) is 13.0 Å². The van der Waals surface area contributed by atoms with Crippen molar-refractivity contribution in [2.24, 2.45) is 7.05 Å². The third-order valence-corrected chi connectivity index (χ3v) is 1.61. The Bertz CT molecular complexity index is 311. The number of hydrogen-bond acceptors (Lipinski definition) is 5. The molecule has 6 nitrogen and oxygen atoms in total. The van der Waals surface area contributed by atoms with Crippen molar-refractivity contribution in [1.29, 1.82) is 0 Å². The molecule has 1 rings (SSSR count). The van der Waals surface area contributed by atoms with E-state index in [2.05, 4.69) is 15.0 Å². The van der Waals surface area contributed by atoms with Crippen LogP contribution in [0.25, 0.3) is 0 Å². The molecular formula is C8H13N3O3. The highest BCUT2D eigenvalue weighted by Crippen LogP contribution is 1.99. The molecule has 0 aromatic carbocycles. The van der Waals surface area contributed by atoms with E-state index < -0.39 is 12.1 Å². The van der Waals surface area contributed by atoms with Gasteiger partial charge in [0.2, 0.25) is 0 Å². The smallest absolute Gasteiger partial charge is 0.335 e. The zero-order chi connectivity index (χ0) is 10.6. The molecule has 0 aliphatic rings. The van der Waals surface area contributed by atoms with Crippen molar-refractivity contribution in [3.63, 3.8) is 0 Å². The molecule has 0 radical (unpaired) electrons. The number of aryl methyl sites for hydroxylation is 1. The number of ether oxygens (including phenoxy) is 1. The SMILES string of the molecule is CCOC(=O)C(O)Cc1cn(C)nn1. The Morgan fingerprint density at radius 1 is 1.79 bits per heavy atom. The lowest BCUT2D eigenvalue weighted by molar-refractivity contribution is -0.152. The summed E-state index contributed by atoms with van der Waals surface area (Å²) in [6.07, 6.45) is 0.612. The van der Waals surface area contributed by atoms with E-state index in [1.807, 2.05) is 0 Å². The highest BCUT2D eigenvalue weighted by atomic mass is 16.5. The maximum absolute atomic E-state index is 11.0. The topological polar surface area (TPSA) is 77.2 Å². The summed E-state index contributed by atoms with van der Waals surface area (Å²) >= 11 is 0. The number of nitrogens with zero attached hydrogens (tertiary/aromatic N) is 3. The summed E-state index contributed by atoms with van der Waals surface area (Å²) < 4.78 is 6.15. The van der Waals surface area contributed by atoms with Crippen LogP contribution in [0.4, 0.5) is 0 Å². The molecule has 1 aromatic rings. The standard InChI is InChI=1S/C8H13N3O3/c1-3-14-8(13)7(12)4-6-5-11(2)10-9-6/h5,7,12H,3-4H2,1-2H3. The molecule has 0 amide bonds. The number of carbonyl (C=O) groups excluding carboxylic acids is 1. The zero-order valence-electron chi connectivity index (χ0n) is 8.17. The monoisotopic (exact) mass is 199 g/mol. The molecule has 0 bridgehead atoms. The third-order valence-electron chi connectivity index (χ3n) is 1.61. The molecule has 0 aliphatic carbocycles. The van der Waals surface area contributed by atoms with Crippen molar-refractivity contribution >= 4 is 5.97 Å². The van der Waals surface area contributed by atoms with Gasteiger partial charge < -0.3 is 9.84 Å². The number of hydrogen-bond donors (Lipinski definition) is 1. The van der Waals surface area contributed by atoms with Gasteiger partial charge in [-0.1, -0.05) is 5.21 Å². The predicted octanol–water partition coefficient (Wildman–Crippen LogP) is -0.718. The Morgan fingerprint density at radius 3 is 3.00 bits per heavy atom. The fourth-order valence-corrected chi connectivity index (χ4v) is 1.01. The minimum Gasteiger partial charge on any atom is -0.464 e. The van der Waals surface area contributed by atoms with Crippen molar-refractivity contribution < 1.29 is 14.6 Å². The second-order valence-corrected chi connectivity index (χ2v) is 2.86. The van der Waals surface area contributed by atoms with E-state index in [1.165, 1.54) is 4.68 Å². The highest BCUT2D eigenvalue weighted by molar-refractivity contribution is 5.74. The average molecular weight is 199 g/mol. The molecule has 0 aliphatic heterocycles. The lowest BCUT2D eigenvalue weighted by Gasteiger charge is -2.06. The van der Waals surface area contributed by atoms with Crippen molar-refractivity contribution in [2.75, 3.05) is 6.61 Å². The Hall–Kier alpha value is -1.43. The van der Waals surface area contributed by atoms with Crippen LogP contribution in [0.15, 0.2) is 6.20 Å². The molecule has 14 heavy (non-hydrogen) atoms. The van der Waals surface area contributed by atoms with Gasteiger partial charge in [-0.05, 0) is 6.92 Å². The number of aromatic nitrogens is 3. The summed E-state index contributed by atoms with van der Waals surface area (Å²) in [6, 6.07) is 0. The Labute approximate surface area is 81.5 Å². The molecule has 1 heterocycles. The average Bonchev–Trinajstić information content (AvgIpc) is 2.51. The lowest BCUT2D eigenvalue weighted by Crippen LogP contribution is -2.25. The minimum absolute atomic E-state index is 0.132. The largest absolute Gasteiger partial charge is 0.464 e. The van der Waals surface area contributed by atoms with Gasteiger partial charge in [-0.15, -0.1) is 5.10 Å². The van der Waals surface area contributed by atoms with Crippen LogP contribution in [0.2, 0.25) is 0 Å². The van der Waals surface area contributed by atoms with Crippen LogP contribution in [-0.2, 0) is 23.0 Å². The predicted molar refractivity (Wildman–Crippen MR) is 47.3 cm³/mol. The van der Waals surface area contributed by atoms with Gasteiger partial charge in [0, 0.05) is 19.7 Å². The second kappa shape index (κ2) is 4.71. The Balaban J connectivity index is 2.48. The highest BCUT2D eigenvalue weighted by Gasteiger charge is 2.17. The van der Waals surface area contributed by atoms with Crippen LogP contribution < -0.4 is 0 Å². The number of aliphatic hydroxyl groups is 1. The Morgan fingerprint density at radius 2 is 2.50 bits per heavy atom. The summed E-state index contributed by atoms with van der Waals surface area (Å²) in [7, 11) is 1.72. The van der Waals surface area contributed by atoms with Gasteiger partial charge in [0.05, 0.1) is 12.3 Å². The number of carbonyl (C=O) groups is 1. The number of esters is 1. The van der Waals surface area contributed by atoms with Crippen LogP contribution in [0.5, 0.6) is 0 Å². The minimum atomic E-state index is -1.16. The normalized spacial score (nSPS) is 12.5. The number of aliphatic hydroxyl groups excluding tert-OH is 1. The first-order chi connectivity index (χ1) is 6.63. The van der Waals surface area contributed by atoms with Crippen molar-refractivity contribution in [2.45, 2.75) is 19.4 Å². The fourth-order valence-electron chi connectivity index (χ4n) is 1.01. The van der Waals surface area contributed by atoms with Gasteiger partial charge in [0.15, 0.2) is 6.10 Å². The van der Waals surface area contributed by atoms with E-state index in [0.29, 0.717) is 5.69 Å². The van der Waals surface area contributed by atoms with Crippen LogP contribution >= 0.6 is 0 Å². The van der Waals surface area contributed by atoms with E-state index in [0.717, 1.165) is 0 Å². The van der Waals surface area contributed by atoms with Gasteiger partial charge in [0.25, 0.3) is 0 Å². The van der Waals surface area contributed by atoms with Gasteiger partial charge >= 0.3 is 5.97 Å². The molecule has 1 unspecified atom stereocenters. The Kier molecular flexibility index (Phi) is 3.58. The fraction of sp³-hybridized carbons (Fsp3) is 0.625. The van der Waals surface area contributed by atoms with Crippen LogP contribution in [-0.4, -0.2) is 38.8 Å². The summed E-state index contributed by atoms with van der Waals surface area (Å²) in [4.78, 5) is 11.0. The lowest BCUT2D eigenvalue weighted by atomic mass is 10.2. The first-order valence-electron chi connectivity index (χ1n) is 4.33. The third kappa shape index (κ3) is 2.81. The molecule has 0 saturated heterocycles. The van der Waals surface area contributed by atoms with E-state index in [1.54, 1.807) is 20.2 Å². The van der Waals surface area contributed by atoms with Crippen LogP contribution in [0.3, 0.4) is 0 Å². The first-order valence-corrected chi connectivity index (χ1v) is 4.33. The van der Waals surface area contributed by atoms with Gasteiger partial charge in [-0.2, -0.15) is 0 Å². The summed E-state index contributed by atoms with van der Waals surface area (Å²) in [6.45, 7) is 1.95. The first kappa shape index (κ1) is 10.6. The van der Waals surface area contributed by atoms with Crippen molar-refractivity contribution in [1.82, 2.24) is 15.0 Å². The molecule has 1 aromatic heterocycles. The van der Waals surface area contributed by atoms with E-state index in [9.17, 15) is 9.90 Å². The van der Waals surface area contributed by atoms with Gasteiger partial charge in [0.1, 0.15) is 0 Å². The molecular weight excluding hydrogens is 186 g/mol. The van der Waals surface area contributed by atoms with Crippen molar-refractivity contribution in [3.05, 3.63) is 11.9 Å². The van der Waals surface area contributed by atoms with E-state index >= 15 is 0 Å². The van der Waals surface area contributed by atoms with E-state index in [4.69, 9.17) is 0 Å². The maximum atomic E-state index is 11.0. The molecule has 0 spiro atoms. The molecule has 1 N–H and O–H groups in total. The van der Waals surface area contributed by atoms with Crippen molar-refractivity contribution in [3.8, 4) is 0 Å². The molecule has 1 atom stereocenters. The second-order valence-electron chi connectivity index (χ2n) is 2.86. The van der Waals surface area contributed by atoms with Gasteiger partial charge in [-0.3, -0.25) is 4.68 Å². The molecule has 6 heteroatoms.